The Morgan fingerprint density at radius 3 is 2.62 bits per heavy atom. The molecule has 1 amide bonds. The Morgan fingerprint density at radius 2 is 1.81 bits per heavy atom. The van der Waals surface area contributed by atoms with Crippen LogP contribution in [-0.4, -0.2) is 27.8 Å². The van der Waals surface area contributed by atoms with E-state index in [0.29, 0.717) is 12.1 Å². The molecule has 0 bridgehead atoms. The van der Waals surface area contributed by atoms with Gasteiger partial charge >= 0.3 is 0 Å². The zero-order chi connectivity index (χ0) is 14.7. The van der Waals surface area contributed by atoms with Crippen LogP contribution in [0.25, 0.3) is 10.9 Å². The number of pyridine rings is 2. The molecule has 1 aromatic carbocycles. The lowest BCUT2D eigenvalue weighted by Gasteiger charge is -2.17. The first-order valence-corrected chi connectivity index (χ1v) is 6.75. The van der Waals surface area contributed by atoms with E-state index < -0.39 is 0 Å². The van der Waals surface area contributed by atoms with Crippen LogP contribution in [0, 0.1) is 0 Å². The van der Waals surface area contributed by atoms with E-state index in [9.17, 15) is 4.79 Å². The minimum atomic E-state index is -0.0510. The van der Waals surface area contributed by atoms with Crippen LogP contribution in [0.3, 0.4) is 0 Å². The number of fused-ring (bicyclic) bond motifs is 1. The summed E-state index contributed by atoms with van der Waals surface area (Å²) in [6.07, 6.45) is 3.44. The van der Waals surface area contributed by atoms with Crippen LogP contribution in [0.15, 0.2) is 60.9 Å². The molecule has 0 aliphatic carbocycles. The number of benzene rings is 1. The van der Waals surface area contributed by atoms with Gasteiger partial charge in [0.05, 0.1) is 23.3 Å². The van der Waals surface area contributed by atoms with Crippen molar-refractivity contribution in [3.8, 4) is 0 Å². The third-order valence-corrected chi connectivity index (χ3v) is 3.34. The van der Waals surface area contributed by atoms with Crippen LogP contribution in [0.2, 0.25) is 0 Å². The van der Waals surface area contributed by atoms with Crippen molar-refractivity contribution < 1.29 is 4.79 Å². The Labute approximate surface area is 123 Å². The van der Waals surface area contributed by atoms with Gasteiger partial charge in [0.2, 0.25) is 0 Å². The van der Waals surface area contributed by atoms with Crippen molar-refractivity contribution in [3.05, 3.63) is 72.2 Å². The standard InChI is InChI=1S/C17H15N3O/c1-20(12-14-8-2-3-10-18-14)17(21)15-9-4-6-13-7-5-11-19-16(13)15/h2-11H,12H2,1H3. The molecule has 0 radical (unpaired) electrons. The topological polar surface area (TPSA) is 46.1 Å². The highest BCUT2D eigenvalue weighted by Crippen LogP contribution is 2.17. The van der Waals surface area contributed by atoms with Gasteiger partial charge in [0, 0.05) is 24.8 Å². The smallest absolute Gasteiger partial charge is 0.256 e. The lowest BCUT2D eigenvalue weighted by molar-refractivity contribution is 0.0785. The van der Waals surface area contributed by atoms with Crippen LogP contribution in [0.5, 0.6) is 0 Å². The predicted molar refractivity (Wildman–Crippen MR) is 81.8 cm³/mol. The van der Waals surface area contributed by atoms with Gasteiger partial charge in [-0.05, 0) is 24.3 Å². The molecule has 104 valence electrons. The zero-order valence-electron chi connectivity index (χ0n) is 11.7. The van der Waals surface area contributed by atoms with Crippen molar-refractivity contribution in [1.82, 2.24) is 14.9 Å². The molecule has 0 aliphatic heterocycles. The highest BCUT2D eigenvalue weighted by molar-refractivity contribution is 6.05. The minimum absolute atomic E-state index is 0.0510. The molecule has 0 saturated carbocycles. The first-order valence-electron chi connectivity index (χ1n) is 6.75. The molecule has 2 heterocycles. The molecule has 4 heteroatoms. The normalized spacial score (nSPS) is 10.5. The fourth-order valence-corrected chi connectivity index (χ4v) is 2.29. The second-order valence-corrected chi connectivity index (χ2v) is 4.86. The van der Waals surface area contributed by atoms with Crippen molar-refractivity contribution in [2.75, 3.05) is 7.05 Å². The van der Waals surface area contributed by atoms with E-state index in [1.165, 1.54) is 0 Å². The number of nitrogens with zero attached hydrogens (tertiary/aromatic N) is 3. The van der Waals surface area contributed by atoms with E-state index in [4.69, 9.17) is 0 Å². The summed E-state index contributed by atoms with van der Waals surface area (Å²) < 4.78 is 0. The molecule has 0 saturated heterocycles. The highest BCUT2D eigenvalue weighted by atomic mass is 16.2. The van der Waals surface area contributed by atoms with Gasteiger partial charge in [0.15, 0.2) is 0 Å². The summed E-state index contributed by atoms with van der Waals surface area (Å²) in [4.78, 5) is 22.9. The SMILES string of the molecule is CN(Cc1ccccn1)C(=O)c1cccc2cccnc12. The summed E-state index contributed by atoms with van der Waals surface area (Å²) >= 11 is 0. The number of amides is 1. The van der Waals surface area contributed by atoms with Crippen molar-refractivity contribution in [2.45, 2.75) is 6.54 Å². The minimum Gasteiger partial charge on any atom is -0.336 e. The molecule has 0 aliphatic rings. The number of carbonyl (C=O) groups is 1. The molecule has 0 atom stereocenters. The lowest BCUT2D eigenvalue weighted by atomic mass is 10.1. The summed E-state index contributed by atoms with van der Waals surface area (Å²) in [6.45, 7) is 0.475. The van der Waals surface area contributed by atoms with E-state index in [-0.39, 0.29) is 5.91 Å². The van der Waals surface area contributed by atoms with Crippen molar-refractivity contribution in [2.24, 2.45) is 0 Å². The second kappa shape index (κ2) is 5.71. The van der Waals surface area contributed by atoms with Crippen molar-refractivity contribution >= 4 is 16.8 Å². The average molecular weight is 277 g/mol. The third-order valence-electron chi connectivity index (χ3n) is 3.34. The van der Waals surface area contributed by atoms with E-state index in [1.807, 2.05) is 48.5 Å². The first kappa shape index (κ1) is 13.2. The van der Waals surface area contributed by atoms with Gasteiger partial charge in [-0.15, -0.1) is 0 Å². The number of para-hydroxylation sites is 1. The molecular formula is C17H15N3O. The quantitative estimate of drug-likeness (QED) is 0.739. The van der Waals surface area contributed by atoms with Gasteiger partial charge in [-0.1, -0.05) is 24.3 Å². The fourth-order valence-electron chi connectivity index (χ4n) is 2.29. The zero-order valence-corrected chi connectivity index (χ0v) is 11.7. The largest absolute Gasteiger partial charge is 0.336 e. The fraction of sp³-hybridized carbons (Fsp3) is 0.118. The Morgan fingerprint density at radius 1 is 1.00 bits per heavy atom. The Bertz CT molecular complexity index is 766. The first-order chi connectivity index (χ1) is 10.3. The van der Waals surface area contributed by atoms with Gasteiger partial charge < -0.3 is 4.90 Å². The van der Waals surface area contributed by atoms with E-state index in [0.717, 1.165) is 16.6 Å². The molecule has 21 heavy (non-hydrogen) atoms. The summed E-state index contributed by atoms with van der Waals surface area (Å²) in [5, 5.41) is 0.967. The molecule has 3 rings (SSSR count). The summed E-state index contributed by atoms with van der Waals surface area (Å²) in [6, 6.07) is 15.2. The second-order valence-electron chi connectivity index (χ2n) is 4.86. The lowest BCUT2D eigenvalue weighted by Crippen LogP contribution is -2.26. The number of carbonyl (C=O) groups excluding carboxylic acids is 1. The molecule has 0 spiro atoms. The monoisotopic (exact) mass is 277 g/mol. The van der Waals surface area contributed by atoms with Crippen LogP contribution >= 0.6 is 0 Å². The molecule has 0 fully saturated rings. The van der Waals surface area contributed by atoms with Gasteiger partial charge in [-0.25, -0.2) is 0 Å². The van der Waals surface area contributed by atoms with Crippen LogP contribution in [0.1, 0.15) is 16.1 Å². The maximum Gasteiger partial charge on any atom is 0.256 e. The third kappa shape index (κ3) is 2.74. The van der Waals surface area contributed by atoms with E-state index in [2.05, 4.69) is 9.97 Å². The number of hydrogen-bond donors (Lipinski definition) is 0. The van der Waals surface area contributed by atoms with Crippen LogP contribution in [0.4, 0.5) is 0 Å². The van der Waals surface area contributed by atoms with Crippen LogP contribution < -0.4 is 0 Å². The summed E-state index contributed by atoms with van der Waals surface area (Å²) in [5.41, 5.74) is 2.21. The maximum atomic E-state index is 12.6. The number of hydrogen-bond acceptors (Lipinski definition) is 3. The average Bonchev–Trinajstić information content (AvgIpc) is 2.54. The number of aromatic nitrogens is 2. The van der Waals surface area contributed by atoms with E-state index >= 15 is 0 Å². The van der Waals surface area contributed by atoms with E-state index in [1.54, 1.807) is 24.3 Å². The predicted octanol–water partition coefficient (Wildman–Crippen LogP) is 2.90. The molecule has 4 nitrogen and oxygen atoms in total. The van der Waals surface area contributed by atoms with Crippen molar-refractivity contribution in [1.29, 1.82) is 0 Å². The van der Waals surface area contributed by atoms with Gasteiger partial charge in [-0.2, -0.15) is 0 Å². The highest BCUT2D eigenvalue weighted by Gasteiger charge is 2.15. The van der Waals surface area contributed by atoms with Gasteiger partial charge in [0.1, 0.15) is 0 Å². The van der Waals surface area contributed by atoms with Crippen molar-refractivity contribution in [3.63, 3.8) is 0 Å². The van der Waals surface area contributed by atoms with Gasteiger partial charge in [-0.3, -0.25) is 14.8 Å². The molecule has 2 aromatic heterocycles. The number of rotatable bonds is 3. The summed E-state index contributed by atoms with van der Waals surface area (Å²) in [7, 11) is 1.78. The summed E-state index contributed by atoms with van der Waals surface area (Å²) in [5.74, 6) is -0.0510. The Kier molecular flexibility index (Phi) is 3.60. The van der Waals surface area contributed by atoms with Crippen LogP contribution in [-0.2, 0) is 6.54 Å². The van der Waals surface area contributed by atoms with Gasteiger partial charge in [0.25, 0.3) is 5.91 Å². The molecular weight excluding hydrogens is 262 g/mol. The Hall–Kier alpha value is -2.75. The molecule has 0 N–H and O–H groups in total. The Balaban J connectivity index is 1.90. The maximum absolute atomic E-state index is 12.6. The molecule has 0 unspecified atom stereocenters. The molecule has 3 aromatic rings.